The van der Waals surface area contributed by atoms with E-state index < -0.39 is 10.8 Å². The second-order valence-electron chi connectivity index (χ2n) is 4.01. The molecule has 106 valence electrons. The van der Waals surface area contributed by atoms with Crippen molar-refractivity contribution in [3.8, 4) is 0 Å². The highest BCUT2D eigenvalue weighted by atomic mass is 32.1. The molecule has 0 bridgehead atoms. The SMILES string of the molecule is O=C(N/N=C/c1ccc([N+](=O)[O-])o1)c1cc2sccc2[nH]1. The van der Waals surface area contributed by atoms with Crippen LogP contribution in [0.5, 0.6) is 0 Å². The van der Waals surface area contributed by atoms with Gasteiger partial charge in [-0.05, 0) is 23.6 Å². The van der Waals surface area contributed by atoms with Crippen LogP contribution < -0.4 is 5.43 Å². The van der Waals surface area contributed by atoms with Crippen LogP contribution in [0.1, 0.15) is 16.2 Å². The molecule has 0 radical (unpaired) electrons. The molecule has 0 unspecified atom stereocenters. The number of hydrogen-bond donors (Lipinski definition) is 2. The Balaban J connectivity index is 1.66. The fraction of sp³-hybridized carbons (Fsp3) is 0. The van der Waals surface area contributed by atoms with E-state index in [1.807, 2.05) is 11.4 Å². The summed E-state index contributed by atoms with van der Waals surface area (Å²) in [6.07, 6.45) is 1.19. The van der Waals surface area contributed by atoms with Gasteiger partial charge in [0.05, 0.1) is 22.5 Å². The first kappa shape index (κ1) is 13.1. The number of hydrogen-bond acceptors (Lipinski definition) is 6. The van der Waals surface area contributed by atoms with E-state index in [9.17, 15) is 14.9 Å². The third-order valence-corrected chi connectivity index (χ3v) is 3.50. The second kappa shape index (κ2) is 5.21. The van der Waals surface area contributed by atoms with Crippen molar-refractivity contribution in [1.82, 2.24) is 10.4 Å². The molecule has 3 rings (SSSR count). The van der Waals surface area contributed by atoms with E-state index in [1.165, 1.54) is 29.7 Å². The molecule has 0 saturated heterocycles. The summed E-state index contributed by atoms with van der Waals surface area (Å²) >= 11 is 1.52. The molecule has 21 heavy (non-hydrogen) atoms. The fourth-order valence-corrected chi connectivity index (χ4v) is 2.48. The predicted octanol–water partition coefficient (Wildman–Crippen LogP) is 2.49. The maximum atomic E-state index is 11.8. The molecule has 9 heteroatoms. The number of amides is 1. The van der Waals surface area contributed by atoms with Crippen LogP contribution in [0.2, 0.25) is 0 Å². The molecule has 2 N–H and O–H groups in total. The van der Waals surface area contributed by atoms with Gasteiger partial charge in [0.2, 0.25) is 0 Å². The number of nitro groups is 1. The monoisotopic (exact) mass is 304 g/mol. The van der Waals surface area contributed by atoms with Crippen molar-refractivity contribution in [1.29, 1.82) is 0 Å². The van der Waals surface area contributed by atoms with Crippen LogP contribution in [0, 0.1) is 10.1 Å². The van der Waals surface area contributed by atoms with Gasteiger partial charge in [0.1, 0.15) is 10.6 Å². The highest BCUT2D eigenvalue weighted by molar-refractivity contribution is 7.17. The molecule has 8 nitrogen and oxygen atoms in total. The third kappa shape index (κ3) is 2.67. The lowest BCUT2D eigenvalue weighted by molar-refractivity contribution is -0.402. The van der Waals surface area contributed by atoms with Gasteiger partial charge in [0.25, 0.3) is 5.91 Å². The number of nitrogens with one attached hydrogen (secondary N) is 2. The van der Waals surface area contributed by atoms with E-state index in [-0.39, 0.29) is 11.6 Å². The lowest BCUT2D eigenvalue weighted by Gasteiger charge is -1.94. The summed E-state index contributed by atoms with van der Waals surface area (Å²) in [6, 6.07) is 6.20. The molecule has 0 atom stereocenters. The Morgan fingerprint density at radius 3 is 3.05 bits per heavy atom. The van der Waals surface area contributed by atoms with Crippen LogP contribution in [0.25, 0.3) is 10.2 Å². The molecule has 0 aliphatic rings. The zero-order valence-corrected chi connectivity index (χ0v) is 11.2. The molecule has 1 amide bonds. The molecule has 0 aromatic carbocycles. The van der Waals surface area contributed by atoms with Gasteiger partial charge in [-0.3, -0.25) is 14.9 Å². The Bertz CT molecular complexity index is 816. The van der Waals surface area contributed by atoms with Crippen LogP contribution in [-0.2, 0) is 0 Å². The molecular formula is C12H8N4O4S. The first-order valence-electron chi connectivity index (χ1n) is 5.77. The minimum atomic E-state index is -0.651. The largest absolute Gasteiger partial charge is 0.433 e. The van der Waals surface area contributed by atoms with E-state index in [4.69, 9.17) is 4.42 Å². The van der Waals surface area contributed by atoms with Gasteiger partial charge in [-0.25, -0.2) is 5.43 Å². The number of nitrogens with zero attached hydrogens (tertiary/aromatic N) is 2. The lowest BCUT2D eigenvalue weighted by Crippen LogP contribution is -2.17. The summed E-state index contributed by atoms with van der Waals surface area (Å²) in [6.45, 7) is 0. The highest BCUT2D eigenvalue weighted by Gasteiger charge is 2.11. The molecule has 3 heterocycles. The molecule has 0 aliphatic heterocycles. The number of H-pyrrole nitrogens is 1. The van der Waals surface area contributed by atoms with E-state index >= 15 is 0 Å². The van der Waals surface area contributed by atoms with Crippen molar-refractivity contribution in [3.63, 3.8) is 0 Å². The number of carbonyl (C=O) groups is 1. The molecule has 3 aromatic rings. The lowest BCUT2D eigenvalue weighted by atomic mass is 10.4. The molecule has 3 aromatic heterocycles. The maximum Gasteiger partial charge on any atom is 0.433 e. The Hall–Kier alpha value is -2.94. The van der Waals surface area contributed by atoms with Crippen molar-refractivity contribution in [2.45, 2.75) is 0 Å². The van der Waals surface area contributed by atoms with Crippen LogP contribution in [-0.4, -0.2) is 22.0 Å². The van der Waals surface area contributed by atoms with Crippen LogP contribution >= 0.6 is 11.3 Å². The second-order valence-corrected chi connectivity index (χ2v) is 4.96. The van der Waals surface area contributed by atoms with Crippen molar-refractivity contribution in [2.24, 2.45) is 5.10 Å². The quantitative estimate of drug-likeness (QED) is 0.438. The Morgan fingerprint density at radius 1 is 1.48 bits per heavy atom. The van der Waals surface area contributed by atoms with Crippen molar-refractivity contribution >= 4 is 39.6 Å². The molecular weight excluding hydrogens is 296 g/mol. The minimum Gasteiger partial charge on any atom is -0.400 e. The predicted molar refractivity (Wildman–Crippen MR) is 76.6 cm³/mol. The molecule has 0 fully saturated rings. The summed E-state index contributed by atoms with van der Waals surface area (Å²) in [7, 11) is 0. The maximum absolute atomic E-state index is 11.8. The topological polar surface area (TPSA) is 114 Å². The summed E-state index contributed by atoms with van der Waals surface area (Å²) < 4.78 is 5.84. The van der Waals surface area contributed by atoms with E-state index in [2.05, 4.69) is 15.5 Å². The number of fused-ring (bicyclic) bond motifs is 1. The van der Waals surface area contributed by atoms with Gasteiger partial charge in [-0.15, -0.1) is 11.3 Å². The number of hydrazone groups is 1. The Kier molecular flexibility index (Phi) is 3.24. The summed E-state index contributed by atoms with van der Waals surface area (Å²) in [4.78, 5) is 24.6. The zero-order chi connectivity index (χ0) is 14.8. The summed E-state index contributed by atoms with van der Waals surface area (Å²) in [5, 5.41) is 16.0. The standard InChI is InChI=1S/C12H8N4O4S/c17-12(9-5-10-8(14-9)3-4-21-10)15-13-6-7-1-2-11(20-7)16(18)19/h1-6,14H,(H,15,17)/b13-6+. The summed E-state index contributed by atoms with van der Waals surface area (Å²) in [5.74, 6) is -0.613. The molecule has 0 saturated carbocycles. The van der Waals surface area contributed by atoms with E-state index in [0.29, 0.717) is 5.69 Å². The molecule has 0 aliphatic carbocycles. The highest BCUT2D eigenvalue weighted by Crippen LogP contribution is 2.21. The Morgan fingerprint density at radius 2 is 2.33 bits per heavy atom. The van der Waals surface area contributed by atoms with Gasteiger partial charge < -0.3 is 9.40 Å². The van der Waals surface area contributed by atoms with Gasteiger partial charge in [-0.2, -0.15) is 5.10 Å². The normalized spacial score (nSPS) is 11.2. The van der Waals surface area contributed by atoms with Crippen molar-refractivity contribution in [2.75, 3.05) is 0 Å². The van der Waals surface area contributed by atoms with Crippen LogP contribution in [0.4, 0.5) is 5.88 Å². The van der Waals surface area contributed by atoms with Gasteiger partial charge in [0.15, 0.2) is 5.76 Å². The van der Waals surface area contributed by atoms with Crippen LogP contribution in [0.3, 0.4) is 0 Å². The van der Waals surface area contributed by atoms with E-state index in [0.717, 1.165) is 10.2 Å². The fourth-order valence-electron chi connectivity index (χ4n) is 1.70. The molecule has 0 spiro atoms. The first-order valence-corrected chi connectivity index (χ1v) is 6.65. The van der Waals surface area contributed by atoms with Gasteiger partial charge in [-0.1, -0.05) is 0 Å². The zero-order valence-electron chi connectivity index (χ0n) is 10.4. The number of furan rings is 1. The smallest absolute Gasteiger partial charge is 0.400 e. The Labute approximate surface area is 121 Å². The van der Waals surface area contributed by atoms with Gasteiger partial charge >= 0.3 is 5.88 Å². The average Bonchev–Trinajstić information content (AvgIpc) is 3.13. The summed E-state index contributed by atoms with van der Waals surface area (Å²) in [5.41, 5.74) is 3.58. The number of aromatic nitrogens is 1. The average molecular weight is 304 g/mol. The minimum absolute atomic E-state index is 0.175. The number of carbonyl (C=O) groups excluding carboxylic acids is 1. The van der Waals surface area contributed by atoms with Gasteiger partial charge in [0, 0.05) is 0 Å². The van der Waals surface area contributed by atoms with E-state index in [1.54, 1.807) is 6.07 Å². The number of thiophene rings is 1. The van der Waals surface area contributed by atoms with Crippen molar-refractivity contribution < 1.29 is 14.1 Å². The number of aromatic amines is 1. The van der Waals surface area contributed by atoms with Crippen LogP contribution in [0.15, 0.2) is 39.2 Å². The third-order valence-electron chi connectivity index (χ3n) is 2.63. The van der Waals surface area contributed by atoms with Crippen molar-refractivity contribution in [3.05, 3.63) is 51.2 Å². The number of rotatable bonds is 4. The first-order chi connectivity index (χ1) is 10.1.